The summed E-state index contributed by atoms with van der Waals surface area (Å²) >= 11 is 6.07. The van der Waals surface area contributed by atoms with Gasteiger partial charge in [0.1, 0.15) is 0 Å². The molecule has 0 spiro atoms. The summed E-state index contributed by atoms with van der Waals surface area (Å²) in [6.45, 7) is -0.750. The van der Waals surface area contributed by atoms with Crippen molar-refractivity contribution in [3.63, 3.8) is 0 Å². The van der Waals surface area contributed by atoms with Crippen molar-refractivity contribution in [2.45, 2.75) is 12.5 Å². The summed E-state index contributed by atoms with van der Waals surface area (Å²) in [6.07, 6.45) is -0.267. The lowest BCUT2D eigenvalue weighted by Gasteiger charge is -2.18. The normalized spacial score (nSPS) is 11.2. The van der Waals surface area contributed by atoms with Crippen molar-refractivity contribution < 1.29 is 23.9 Å². The van der Waals surface area contributed by atoms with Gasteiger partial charge in [0.2, 0.25) is 5.91 Å². The Balaban J connectivity index is 2.57. The van der Waals surface area contributed by atoms with Crippen LogP contribution < -0.4 is 16.4 Å². The van der Waals surface area contributed by atoms with E-state index < -0.39 is 30.6 Å². The van der Waals surface area contributed by atoms with Crippen molar-refractivity contribution in [3.8, 4) is 0 Å². The number of amides is 4. The number of esters is 1. The Hall–Kier alpha value is -2.81. The molecule has 0 bridgehead atoms. The van der Waals surface area contributed by atoms with E-state index in [0.29, 0.717) is 10.6 Å². The average molecular weight is 385 g/mol. The number of carbonyl (C=O) groups excluding carboxylic acids is 4. The van der Waals surface area contributed by atoms with Gasteiger partial charge in [0.25, 0.3) is 5.91 Å². The zero-order chi connectivity index (χ0) is 19.7. The maximum Gasteiger partial charge on any atom is 0.312 e. The summed E-state index contributed by atoms with van der Waals surface area (Å²) in [6, 6.07) is 5.00. The zero-order valence-electron chi connectivity index (χ0n) is 14.5. The van der Waals surface area contributed by atoms with Crippen LogP contribution in [0.2, 0.25) is 5.02 Å². The first-order valence-electron chi connectivity index (χ1n) is 7.63. The predicted molar refractivity (Wildman–Crippen MR) is 94.2 cm³/mol. The van der Waals surface area contributed by atoms with Gasteiger partial charge in [0.05, 0.1) is 19.0 Å². The Labute approximate surface area is 155 Å². The lowest BCUT2D eigenvalue weighted by molar-refractivity contribution is -0.149. The second kappa shape index (κ2) is 10.2. The second-order valence-corrected chi connectivity index (χ2v) is 5.92. The van der Waals surface area contributed by atoms with E-state index in [1.807, 2.05) is 0 Å². The van der Waals surface area contributed by atoms with E-state index in [9.17, 15) is 19.2 Å². The van der Waals surface area contributed by atoms with Crippen molar-refractivity contribution in [1.82, 2.24) is 15.5 Å². The first kappa shape index (κ1) is 21.2. The number of hydrogen-bond donors (Lipinski definition) is 3. The number of halogens is 1. The van der Waals surface area contributed by atoms with Crippen LogP contribution in [0.1, 0.15) is 18.0 Å². The van der Waals surface area contributed by atoms with E-state index in [1.165, 1.54) is 4.90 Å². The molecule has 1 aromatic rings. The van der Waals surface area contributed by atoms with E-state index in [1.54, 1.807) is 38.4 Å². The third-order valence-electron chi connectivity index (χ3n) is 3.27. The van der Waals surface area contributed by atoms with Crippen LogP contribution in [0.15, 0.2) is 24.3 Å². The van der Waals surface area contributed by atoms with Gasteiger partial charge in [-0.3, -0.25) is 14.4 Å². The Bertz CT molecular complexity index is 680. The van der Waals surface area contributed by atoms with Crippen molar-refractivity contribution in [3.05, 3.63) is 34.9 Å². The van der Waals surface area contributed by atoms with Crippen molar-refractivity contribution >= 4 is 35.4 Å². The number of primary amides is 1. The molecule has 0 saturated carbocycles. The number of hydrogen-bond acceptors (Lipinski definition) is 5. The quantitative estimate of drug-likeness (QED) is 0.550. The minimum absolute atomic E-state index is 0.200. The highest BCUT2D eigenvalue weighted by Gasteiger charge is 2.21. The third-order valence-corrected chi connectivity index (χ3v) is 3.61. The molecule has 0 saturated heterocycles. The molecule has 1 aromatic carbocycles. The number of benzene rings is 1. The van der Waals surface area contributed by atoms with Crippen molar-refractivity contribution in [2.24, 2.45) is 5.73 Å². The van der Waals surface area contributed by atoms with Gasteiger partial charge in [0, 0.05) is 19.1 Å². The van der Waals surface area contributed by atoms with Gasteiger partial charge >= 0.3 is 12.0 Å². The van der Waals surface area contributed by atoms with Gasteiger partial charge < -0.3 is 26.0 Å². The third kappa shape index (κ3) is 7.39. The smallest absolute Gasteiger partial charge is 0.312 e. The number of rotatable bonds is 8. The van der Waals surface area contributed by atoms with Crippen LogP contribution in [0.3, 0.4) is 0 Å². The van der Waals surface area contributed by atoms with Gasteiger partial charge in [-0.15, -0.1) is 0 Å². The standard InChI is InChI=1S/C16H21ClN4O5/c1-21(2)14(23)8-19-13(22)9-26-15(24)7-12(20-16(18)25)10-5-3-4-6-11(10)17/h3-6,12H,7-9H2,1-2H3,(H,19,22)(H3,18,20,25)/t12-/m0/s1. The molecule has 142 valence electrons. The van der Waals surface area contributed by atoms with Crippen LogP contribution in [0, 0.1) is 0 Å². The Kier molecular flexibility index (Phi) is 8.36. The number of nitrogens with one attached hydrogen (secondary N) is 2. The highest BCUT2D eigenvalue weighted by molar-refractivity contribution is 6.31. The van der Waals surface area contributed by atoms with Crippen LogP contribution in [-0.2, 0) is 19.1 Å². The topological polar surface area (TPSA) is 131 Å². The fraction of sp³-hybridized carbons (Fsp3) is 0.375. The molecule has 4 N–H and O–H groups in total. The summed E-state index contributed by atoms with van der Waals surface area (Å²) in [5.41, 5.74) is 5.62. The highest BCUT2D eigenvalue weighted by Crippen LogP contribution is 2.25. The number of carbonyl (C=O) groups is 4. The van der Waals surface area contributed by atoms with E-state index >= 15 is 0 Å². The molecule has 0 aliphatic rings. The summed E-state index contributed by atoms with van der Waals surface area (Å²) in [5, 5.41) is 5.08. The van der Waals surface area contributed by atoms with Crippen LogP contribution in [0.5, 0.6) is 0 Å². The van der Waals surface area contributed by atoms with Crippen LogP contribution in [0.25, 0.3) is 0 Å². The average Bonchev–Trinajstić information content (AvgIpc) is 2.57. The van der Waals surface area contributed by atoms with Gasteiger partial charge in [-0.25, -0.2) is 4.79 Å². The molecule has 0 radical (unpaired) electrons. The van der Waals surface area contributed by atoms with E-state index in [2.05, 4.69) is 10.6 Å². The number of nitrogens with two attached hydrogens (primary N) is 1. The Morgan fingerprint density at radius 3 is 2.46 bits per heavy atom. The Morgan fingerprint density at radius 2 is 1.88 bits per heavy atom. The van der Waals surface area contributed by atoms with Crippen LogP contribution in [-0.4, -0.2) is 56.0 Å². The fourth-order valence-corrected chi connectivity index (χ4v) is 2.19. The number of nitrogens with zero attached hydrogens (tertiary/aromatic N) is 1. The molecule has 0 aliphatic heterocycles. The predicted octanol–water partition coefficient (Wildman–Crippen LogP) is 0.187. The molecule has 0 fully saturated rings. The molecule has 0 aliphatic carbocycles. The molecule has 1 rings (SSSR count). The Morgan fingerprint density at radius 1 is 1.23 bits per heavy atom. The van der Waals surface area contributed by atoms with Gasteiger partial charge in [-0.05, 0) is 11.6 Å². The monoisotopic (exact) mass is 384 g/mol. The molecule has 9 nitrogen and oxygen atoms in total. The van der Waals surface area contributed by atoms with E-state index in [4.69, 9.17) is 22.1 Å². The summed E-state index contributed by atoms with van der Waals surface area (Å²) in [5.74, 6) is -1.66. The second-order valence-electron chi connectivity index (χ2n) is 5.51. The molecule has 4 amide bonds. The van der Waals surface area contributed by atoms with Crippen LogP contribution in [0.4, 0.5) is 4.79 Å². The molecule has 0 heterocycles. The maximum absolute atomic E-state index is 12.0. The first-order chi connectivity index (χ1) is 12.2. The molecule has 1 atom stereocenters. The number of likely N-dealkylation sites (N-methyl/N-ethyl adjacent to an activating group) is 1. The van der Waals surface area contributed by atoms with Gasteiger partial charge in [0.15, 0.2) is 6.61 Å². The van der Waals surface area contributed by atoms with E-state index in [0.717, 1.165) is 0 Å². The fourth-order valence-electron chi connectivity index (χ4n) is 1.92. The minimum atomic E-state index is -0.831. The summed E-state index contributed by atoms with van der Waals surface area (Å²) in [7, 11) is 3.10. The van der Waals surface area contributed by atoms with E-state index in [-0.39, 0.29) is 18.9 Å². The highest BCUT2D eigenvalue weighted by atomic mass is 35.5. The lowest BCUT2D eigenvalue weighted by atomic mass is 10.0. The van der Waals surface area contributed by atoms with Crippen LogP contribution >= 0.6 is 11.6 Å². The molecule has 0 aromatic heterocycles. The van der Waals surface area contributed by atoms with Gasteiger partial charge in [-0.1, -0.05) is 29.8 Å². The van der Waals surface area contributed by atoms with Gasteiger partial charge in [-0.2, -0.15) is 0 Å². The summed E-state index contributed by atoms with van der Waals surface area (Å²) in [4.78, 5) is 47.4. The SMILES string of the molecule is CN(C)C(=O)CNC(=O)COC(=O)C[C@H](NC(N)=O)c1ccccc1Cl. The van der Waals surface area contributed by atoms with Crippen molar-refractivity contribution in [1.29, 1.82) is 0 Å². The summed E-state index contributed by atoms with van der Waals surface area (Å²) < 4.78 is 4.86. The minimum Gasteiger partial charge on any atom is -0.456 e. The zero-order valence-corrected chi connectivity index (χ0v) is 15.2. The maximum atomic E-state index is 12.0. The number of urea groups is 1. The largest absolute Gasteiger partial charge is 0.456 e. The molecular weight excluding hydrogens is 364 g/mol. The molecule has 10 heteroatoms. The molecule has 26 heavy (non-hydrogen) atoms. The lowest BCUT2D eigenvalue weighted by Crippen LogP contribution is -2.38. The number of ether oxygens (including phenoxy) is 1. The van der Waals surface area contributed by atoms with Crippen molar-refractivity contribution in [2.75, 3.05) is 27.2 Å². The first-order valence-corrected chi connectivity index (χ1v) is 8.01. The molecular formula is C16H21ClN4O5. The molecule has 0 unspecified atom stereocenters.